The Kier molecular flexibility index (Phi) is 3.72. The number of carbonyl (C=O) groups is 1. The van der Waals surface area contributed by atoms with E-state index < -0.39 is 0 Å². The summed E-state index contributed by atoms with van der Waals surface area (Å²) >= 11 is 0. The number of carbonyl (C=O) groups excluding carboxylic acids is 1. The van der Waals surface area contributed by atoms with Crippen LogP contribution in [0.5, 0.6) is 0 Å². The van der Waals surface area contributed by atoms with Crippen LogP contribution < -0.4 is 5.32 Å². The van der Waals surface area contributed by atoms with E-state index in [1.54, 1.807) is 12.3 Å². The lowest BCUT2D eigenvalue weighted by Crippen LogP contribution is -2.13. The second-order valence-electron chi connectivity index (χ2n) is 4.18. The zero-order chi connectivity index (χ0) is 13.0. The highest BCUT2D eigenvalue weighted by Gasteiger charge is 2.09. The highest BCUT2D eigenvalue weighted by molar-refractivity contribution is 5.89. The Labute approximate surface area is 106 Å². The van der Waals surface area contributed by atoms with Gasteiger partial charge in [-0.2, -0.15) is 5.10 Å². The number of anilines is 1. The van der Waals surface area contributed by atoms with Crippen LogP contribution in [-0.2, 0) is 11.2 Å². The lowest BCUT2D eigenvalue weighted by atomic mass is 10.1. The number of rotatable bonds is 4. The summed E-state index contributed by atoms with van der Waals surface area (Å²) in [6, 6.07) is 5.42. The Morgan fingerprint density at radius 1 is 1.39 bits per heavy atom. The van der Waals surface area contributed by atoms with Crippen LogP contribution in [0.4, 0.5) is 5.82 Å². The molecule has 0 fully saturated rings. The number of pyridine rings is 1. The third-order valence-corrected chi connectivity index (χ3v) is 2.82. The monoisotopic (exact) mass is 244 g/mol. The molecule has 0 atom stereocenters. The number of H-pyrrole nitrogens is 1. The standard InChI is InChI=1S/C13H16N4O/c1-9-11(10(2)17-16-9)6-7-13(18)15-12-5-3-4-8-14-12/h3-5,8H,6-7H2,1-2H3,(H,16,17)(H,14,15,18). The topological polar surface area (TPSA) is 70.7 Å². The van der Waals surface area contributed by atoms with E-state index in [1.807, 2.05) is 26.0 Å². The Morgan fingerprint density at radius 2 is 2.22 bits per heavy atom. The SMILES string of the molecule is Cc1n[nH]c(C)c1CCC(=O)Nc1ccccn1. The van der Waals surface area contributed by atoms with Crippen LogP contribution in [-0.4, -0.2) is 21.1 Å². The van der Waals surface area contributed by atoms with E-state index in [1.165, 1.54) is 0 Å². The van der Waals surface area contributed by atoms with Crippen LogP contribution in [0.25, 0.3) is 0 Å². The van der Waals surface area contributed by atoms with E-state index >= 15 is 0 Å². The Hall–Kier alpha value is -2.17. The number of hydrogen-bond donors (Lipinski definition) is 2. The average Bonchev–Trinajstić information content (AvgIpc) is 2.68. The highest BCUT2D eigenvalue weighted by atomic mass is 16.1. The molecule has 2 N–H and O–H groups in total. The molecule has 0 saturated carbocycles. The van der Waals surface area contributed by atoms with Crippen LogP contribution in [0.2, 0.25) is 0 Å². The molecule has 5 heteroatoms. The lowest BCUT2D eigenvalue weighted by Gasteiger charge is -2.04. The molecule has 2 heterocycles. The summed E-state index contributed by atoms with van der Waals surface area (Å²) in [5.41, 5.74) is 3.10. The van der Waals surface area contributed by atoms with E-state index in [0.717, 1.165) is 17.0 Å². The molecule has 5 nitrogen and oxygen atoms in total. The molecule has 0 aliphatic heterocycles. The van der Waals surface area contributed by atoms with Crippen molar-refractivity contribution in [2.24, 2.45) is 0 Å². The van der Waals surface area contributed by atoms with Crippen LogP contribution in [0.1, 0.15) is 23.4 Å². The highest BCUT2D eigenvalue weighted by Crippen LogP contribution is 2.12. The van der Waals surface area contributed by atoms with Gasteiger partial charge in [0.25, 0.3) is 0 Å². The number of hydrogen-bond acceptors (Lipinski definition) is 3. The summed E-state index contributed by atoms with van der Waals surface area (Å²) < 4.78 is 0. The Balaban J connectivity index is 1.89. The molecule has 2 aromatic heterocycles. The quantitative estimate of drug-likeness (QED) is 0.864. The minimum atomic E-state index is -0.0336. The summed E-state index contributed by atoms with van der Waals surface area (Å²) in [4.78, 5) is 15.8. The van der Waals surface area contributed by atoms with Gasteiger partial charge in [-0.1, -0.05) is 6.07 Å². The summed E-state index contributed by atoms with van der Waals surface area (Å²) in [5, 5.41) is 9.79. The maximum Gasteiger partial charge on any atom is 0.225 e. The number of aromatic amines is 1. The van der Waals surface area contributed by atoms with Crippen molar-refractivity contribution < 1.29 is 4.79 Å². The molecule has 0 bridgehead atoms. The third kappa shape index (κ3) is 2.94. The van der Waals surface area contributed by atoms with Crippen molar-refractivity contribution >= 4 is 11.7 Å². The van der Waals surface area contributed by atoms with Gasteiger partial charge in [0, 0.05) is 18.3 Å². The van der Waals surface area contributed by atoms with E-state index in [-0.39, 0.29) is 5.91 Å². The number of aromatic nitrogens is 3. The zero-order valence-corrected chi connectivity index (χ0v) is 10.5. The smallest absolute Gasteiger partial charge is 0.225 e. The molecule has 0 saturated heterocycles. The molecule has 2 rings (SSSR count). The van der Waals surface area contributed by atoms with E-state index in [2.05, 4.69) is 20.5 Å². The van der Waals surface area contributed by atoms with E-state index in [9.17, 15) is 4.79 Å². The first-order valence-electron chi connectivity index (χ1n) is 5.88. The first-order chi connectivity index (χ1) is 8.66. The molecule has 1 amide bonds. The normalized spacial score (nSPS) is 10.3. The van der Waals surface area contributed by atoms with Gasteiger partial charge in [-0.25, -0.2) is 4.98 Å². The van der Waals surface area contributed by atoms with Crippen LogP contribution >= 0.6 is 0 Å². The van der Waals surface area contributed by atoms with Gasteiger partial charge in [0.1, 0.15) is 5.82 Å². The molecule has 0 unspecified atom stereocenters. The maximum atomic E-state index is 11.7. The molecule has 0 aliphatic rings. The largest absolute Gasteiger partial charge is 0.311 e. The van der Waals surface area contributed by atoms with Crippen molar-refractivity contribution in [2.45, 2.75) is 26.7 Å². The summed E-state index contributed by atoms with van der Waals surface area (Å²) in [5.74, 6) is 0.553. The fourth-order valence-corrected chi connectivity index (χ4v) is 1.82. The molecule has 94 valence electrons. The van der Waals surface area contributed by atoms with Gasteiger partial charge in [-0.05, 0) is 38.0 Å². The van der Waals surface area contributed by atoms with E-state index in [4.69, 9.17) is 0 Å². The number of aryl methyl sites for hydroxylation is 2. The van der Waals surface area contributed by atoms with Crippen molar-refractivity contribution in [3.8, 4) is 0 Å². The van der Waals surface area contributed by atoms with Gasteiger partial charge >= 0.3 is 0 Å². The zero-order valence-electron chi connectivity index (χ0n) is 10.5. The molecule has 2 aromatic rings. The van der Waals surface area contributed by atoms with Gasteiger partial charge in [0.2, 0.25) is 5.91 Å². The Morgan fingerprint density at radius 3 is 2.83 bits per heavy atom. The molecule has 18 heavy (non-hydrogen) atoms. The molecular formula is C13H16N4O. The fourth-order valence-electron chi connectivity index (χ4n) is 1.82. The second kappa shape index (κ2) is 5.44. The molecule has 0 aliphatic carbocycles. The average molecular weight is 244 g/mol. The van der Waals surface area contributed by atoms with Crippen LogP contribution in [0, 0.1) is 13.8 Å². The molecule has 0 spiro atoms. The van der Waals surface area contributed by atoms with Crippen molar-refractivity contribution in [3.05, 3.63) is 41.3 Å². The minimum Gasteiger partial charge on any atom is -0.311 e. The Bertz CT molecular complexity index is 514. The number of nitrogens with zero attached hydrogens (tertiary/aromatic N) is 2. The van der Waals surface area contributed by atoms with Gasteiger partial charge in [-0.15, -0.1) is 0 Å². The van der Waals surface area contributed by atoms with E-state index in [0.29, 0.717) is 18.7 Å². The van der Waals surface area contributed by atoms with Gasteiger partial charge in [0.05, 0.1) is 5.69 Å². The van der Waals surface area contributed by atoms with Crippen molar-refractivity contribution in [1.29, 1.82) is 0 Å². The van der Waals surface area contributed by atoms with Crippen molar-refractivity contribution in [2.75, 3.05) is 5.32 Å². The summed E-state index contributed by atoms with van der Waals surface area (Å²) in [7, 11) is 0. The predicted molar refractivity (Wildman–Crippen MR) is 69.2 cm³/mol. The fraction of sp³-hybridized carbons (Fsp3) is 0.308. The van der Waals surface area contributed by atoms with Crippen molar-refractivity contribution in [1.82, 2.24) is 15.2 Å². The van der Waals surface area contributed by atoms with Crippen molar-refractivity contribution in [3.63, 3.8) is 0 Å². The molecule has 0 radical (unpaired) electrons. The second-order valence-corrected chi connectivity index (χ2v) is 4.18. The molecular weight excluding hydrogens is 228 g/mol. The summed E-state index contributed by atoms with van der Waals surface area (Å²) in [6.07, 6.45) is 2.77. The number of nitrogens with one attached hydrogen (secondary N) is 2. The van der Waals surface area contributed by atoms with Gasteiger partial charge < -0.3 is 5.32 Å². The van der Waals surface area contributed by atoms with Gasteiger partial charge in [0.15, 0.2) is 0 Å². The maximum absolute atomic E-state index is 11.7. The third-order valence-electron chi connectivity index (χ3n) is 2.82. The first kappa shape index (κ1) is 12.3. The van der Waals surface area contributed by atoms with Gasteiger partial charge in [-0.3, -0.25) is 9.89 Å². The summed E-state index contributed by atoms with van der Waals surface area (Å²) in [6.45, 7) is 3.90. The first-order valence-corrected chi connectivity index (χ1v) is 5.88. The molecule has 0 aromatic carbocycles. The number of amides is 1. The minimum absolute atomic E-state index is 0.0336. The lowest BCUT2D eigenvalue weighted by molar-refractivity contribution is -0.116. The van der Waals surface area contributed by atoms with Crippen LogP contribution in [0.15, 0.2) is 24.4 Å². The predicted octanol–water partition coefficient (Wildman–Crippen LogP) is 1.99. The van der Waals surface area contributed by atoms with Crippen LogP contribution in [0.3, 0.4) is 0 Å².